The number of amides is 1. The predicted molar refractivity (Wildman–Crippen MR) is 104 cm³/mol. The summed E-state index contributed by atoms with van der Waals surface area (Å²) in [5.41, 5.74) is 2.86. The van der Waals surface area contributed by atoms with Gasteiger partial charge in [-0.05, 0) is 29.7 Å². The number of nitriles is 1. The molecule has 0 fully saturated rings. The molecule has 0 radical (unpaired) electrons. The highest BCUT2D eigenvalue weighted by Gasteiger charge is 2.09. The van der Waals surface area contributed by atoms with Gasteiger partial charge in [0.05, 0.1) is 11.6 Å². The van der Waals surface area contributed by atoms with Crippen molar-refractivity contribution in [2.45, 2.75) is 22.9 Å². The number of hydrogen-bond acceptors (Lipinski definition) is 6. The van der Waals surface area contributed by atoms with Crippen LogP contribution in [0.1, 0.15) is 23.1 Å². The number of aryl methyl sites for hydroxylation is 1. The standard InChI is InChI=1S/C19H16N4OS2/c20-12-15-8-6-14(7-9-15)10-11-17(24)21-18-22-23-19(26-18)25-13-16-4-2-1-3-5-16/h1-9H,10-11,13H2,(H,21,22,24). The zero-order valence-corrected chi connectivity index (χ0v) is 15.5. The number of carbonyl (C=O) groups excluding carboxylic acids is 1. The van der Waals surface area contributed by atoms with Crippen LogP contribution >= 0.6 is 23.1 Å². The molecule has 5 nitrogen and oxygen atoms in total. The Kier molecular flexibility index (Phi) is 6.36. The Morgan fingerprint density at radius 1 is 1.08 bits per heavy atom. The van der Waals surface area contributed by atoms with Crippen LogP contribution in [-0.2, 0) is 17.0 Å². The van der Waals surface area contributed by atoms with E-state index in [0.29, 0.717) is 23.5 Å². The Balaban J connectivity index is 1.45. The van der Waals surface area contributed by atoms with Gasteiger partial charge in [0.15, 0.2) is 4.34 Å². The van der Waals surface area contributed by atoms with Gasteiger partial charge < -0.3 is 5.32 Å². The van der Waals surface area contributed by atoms with Crippen molar-refractivity contribution in [3.8, 4) is 6.07 Å². The SMILES string of the molecule is N#Cc1ccc(CCC(=O)Nc2nnc(SCc3ccccc3)s2)cc1. The Morgan fingerprint density at radius 2 is 1.85 bits per heavy atom. The quantitative estimate of drug-likeness (QED) is 0.489. The van der Waals surface area contributed by atoms with E-state index in [0.717, 1.165) is 15.7 Å². The number of rotatable bonds is 7. The molecular formula is C19H16N4OS2. The fourth-order valence-corrected chi connectivity index (χ4v) is 3.95. The molecule has 0 aliphatic heterocycles. The van der Waals surface area contributed by atoms with Crippen molar-refractivity contribution in [2.75, 3.05) is 5.32 Å². The lowest BCUT2D eigenvalue weighted by Crippen LogP contribution is -2.12. The molecule has 0 spiro atoms. The van der Waals surface area contributed by atoms with Crippen molar-refractivity contribution < 1.29 is 4.79 Å². The maximum Gasteiger partial charge on any atom is 0.226 e. The van der Waals surface area contributed by atoms with Crippen LogP contribution in [0, 0.1) is 11.3 Å². The molecule has 0 atom stereocenters. The van der Waals surface area contributed by atoms with Crippen molar-refractivity contribution >= 4 is 34.1 Å². The number of aromatic nitrogens is 2. The Labute approximate surface area is 160 Å². The molecule has 1 aromatic heterocycles. The summed E-state index contributed by atoms with van der Waals surface area (Å²) >= 11 is 2.98. The summed E-state index contributed by atoms with van der Waals surface area (Å²) in [6, 6.07) is 19.5. The van der Waals surface area contributed by atoms with E-state index in [9.17, 15) is 4.79 Å². The van der Waals surface area contributed by atoms with Gasteiger partial charge in [0.25, 0.3) is 0 Å². The first-order valence-electron chi connectivity index (χ1n) is 8.02. The van der Waals surface area contributed by atoms with Gasteiger partial charge in [0.1, 0.15) is 0 Å². The molecule has 130 valence electrons. The van der Waals surface area contributed by atoms with E-state index in [4.69, 9.17) is 5.26 Å². The fraction of sp³-hybridized carbons (Fsp3) is 0.158. The Hall–Kier alpha value is -2.69. The highest BCUT2D eigenvalue weighted by Crippen LogP contribution is 2.28. The number of carbonyl (C=O) groups is 1. The van der Waals surface area contributed by atoms with Crippen LogP contribution in [0.5, 0.6) is 0 Å². The molecule has 3 rings (SSSR count). The van der Waals surface area contributed by atoms with Gasteiger partial charge >= 0.3 is 0 Å². The highest BCUT2D eigenvalue weighted by molar-refractivity contribution is 8.00. The molecule has 1 N–H and O–H groups in total. The minimum absolute atomic E-state index is 0.0925. The largest absolute Gasteiger partial charge is 0.300 e. The van der Waals surface area contributed by atoms with E-state index < -0.39 is 0 Å². The molecule has 0 aliphatic rings. The smallest absolute Gasteiger partial charge is 0.226 e. The van der Waals surface area contributed by atoms with Crippen molar-refractivity contribution in [1.82, 2.24) is 10.2 Å². The fourth-order valence-electron chi connectivity index (χ4n) is 2.22. The lowest BCUT2D eigenvalue weighted by Gasteiger charge is -2.02. The first-order valence-corrected chi connectivity index (χ1v) is 9.82. The van der Waals surface area contributed by atoms with Crippen LogP contribution in [0.3, 0.4) is 0 Å². The molecule has 0 saturated heterocycles. The molecule has 0 unspecified atom stereocenters. The number of thioether (sulfide) groups is 1. The molecule has 7 heteroatoms. The van der Waals surface area contributed by atoms with E-state index in [1.165, 1.54) is 16.9 Å². The third-order valence-corrected chi connectivity index (χ3v) is 5.62. The second-order valence-electron chi connectivity index (χ2n) is 5.50. The normalized spacial score (nSPS) is 10.3. The number of benzene rings is 2. The minimum atomic E-state index is -0.0925. The van der Waals surface area contributed by atoms with Gasteiger partial charge in [-0.3, -0.25) is 4.79 Å². The van der Waals surface area contributed by atoms with Gasteiger partial charge in [-0.15, -0.1) is 10.2 Å². The summed E-state index contributed by atoms with van der Waals surface area (Å²) in [5, 5.41) is 20.2. The van der Waals surface area contributed by atoms with Crippen molar-refractivity contribution in [3.05, 3.63) is 71.3 Å². The average molecular weight is 380 g/mol. The Morgan fingerprint density at radius 3 is 2.58 bits per heavy atom. The third-order valence-electron chi connectivity index (χ3n) is 3.58. The molecule has 1 heterocycles. The highest BCUT2D eigenvalue weighted by atomic mass is 32.2. The average Bonchev–Trinajstić information content (AvgIpc) is 3.13. The van der Waals surface area contributed by atoms with Gasteiger partial charge in [0, 0.05) is 12.2 Å². The van der Waals surface area contributed by atoms with E-state index in [1.54, 1.807) is 23.9 Å². The number of nitrogens with zero attached hydrogens (tertiary/aromatic N) is 3. The van der Waals surface area contributed by atoms with Gasteiger partial charge in [-0.2, -0.15) is 5.26 Å². The zero-order chi connectivity index (χ0) is 18.2. The topological polar surface area (TPSA) is 78.7 Å². The van der Waals surface area contributed by atoms with Crippen LogP contribution in [-0.4, -0.2) is 16.1 Å². The summed E-state index contributed by atoms with van der Waals surface area (Å²) in [7, 11) is 0. The number of anilines is 1. The summed E-state index contributed by atoms with van der Waals surface area (Å²) < 4.78 is 0.830. The monoisotopic (exact) mass is 380 g/mol. The maximum absolute atomic E-state index is 12.1. The van der Waals surface area contributed by atoms with Gasteiger partial charge in [0.2, 0.25) is 11.0 Å². The summed E-state index contributed by atoms with van der Waals surface area (Å²) in [5.74, 6) is 0.729. The second kappa shape index (κ2) is 9.13. The maximum atomic E-state index is 12.1. The summed E-state index contributed by atoms with van der Waals surface area (Å²) in [6.45, 7) is 0. The molecule has 0 saturated carbocycles. The van der Waals surface area contributed by atoms with Crippen LogP contribution < -0.4 is 5.32 Å². The molecule has 3 aromatic rings. The van der Waals surface area contributed by atoms with Crippen LogP contribution in [0.2, 0.25) is 0 Å². The van der Waals surface area contributed by atoms with Crippen molar-refractivity contribution in [2.24, 2.45) is 0 Å². The van der Waals surface area contributed by atoms with E-state index in [1.807, 2.05) is 30.3 Å². The van der Waals surface area contributed by atoms with Crippen molar-refractivity contribution in [3.63, 3.8) is 0 Å². The van der Waals surface area contributed by atoms with E-state index in [-0.39, 0.29) is 5.91 Å². The molecule has 2 aromatic carbocycles. The van der Waals surface area contributed by atoms with Crippen LogP contribution in [0.4, 0.5) is 5.13 Å². The lowest BCUT2D eigenvalue weighted by molar-refractivity contribution is -0.116. The van der Waals surface area contributed by atoms with Crippen molar-refractivity contribution in [1.29, 1.82) is 5.26 Å². The first-order chi connectivity index (χ1) is 12.7. The van der Waals surface area contributed by atoms with Crippen LogP contribution in [0.15, 0.2) is 58.9 Å². The zero-order valence-electron chi connectivity index (χ0n) is 13.9. The number of hydrogen-bond donors (Lipinski definition) is 1. The number of nitrogens with one attached hydrogen (secondary N) is 1. The molecule has 26 heavy (non-hydrogen) atoms. The van der Waals surface area contributed by atoms with Gasteiger partial charge in [-0.25, -0.2) is 0 Å². The van der Waals surface area contributed by atoms with Crippen LogP contribution in [0.25, 0.3) is 0 Å². The van der Waals surface area contributed by atoms with E-state index >= 15 is 0 Å². The summed E-state index contributed by atoms with van der Waals surface area (Å²) in [6.07, 6.45) is 0.976. The minimum Gasteiger partial charge on any atom is -0.300 e. The van der Waals surface area contributed by atoms with E-state index in [2.05, 4.69) is 33.7 Å². The lowest BCUT2D eigenvalue weighted by atomic mass is 10.1. The van der Waals surface area contributed by atoms with Gasteiger partial charge in [-0.1, -0.05) is 65.6 Å². The second-order valence-corrected chi connectivity index (χ2v) is 7.70. The molecule has 0 aliphatic carbocycles. The third kappa shape index (κ3) is 5.41. The molecule has 0 bridgehead atoms. The predicted octanol–water partition coefficient (Wildman–Crippen LogP) is 4.27. The molecular weight excluding hydrogens is 364 g/mol. The molecule has 1 amide bonds. The summed E-state index contributed by atoms with van der Waals surface area (Å²) in [4.78, 5) is 12.1. The first kappa shape index (κ1) is 18.1. The Bertz CT molecular complexity index is 901.